The van der Waals surface area contributed by atoms with Gasteiger partial charge in [-0.15, -0.1) is 23.7 Å². The van der Waals surface area contributed by atoms with Crippen molar-refractivity contribution < 1.29 is 4.79 Å². The number of carbonyl (C=O) groups is 1. The second-order valence-electron chi connectivity index (χ2n) is 6.47. The zero-order valence-electron chi connectivity index (χ0n) is 14.6. The fraction of sp³-hybridized carbons (Fsp3) is 0.588. The molecule has 0 aliphatic carbocycles. The van der Waals surface area contributed by atoms with Gasteiger partial charge < -0.3 is 15.6 Å². The summed E-state index contributed by atoms with van der Waals surface area (Å²) in [5.74, 6) is 1.28. The molecule has 0 bridgehead atoms. The van der Waals surface area contributed by atoms with Crippen LogP contribution < -0.4 is 16.2 Å². The number of fused-ring (bicyclic) bond motifs is 1. The molecular weight excluding hydrogens is 360 g/mol. The molecule has 1 atom stereocenters. The molecule has 0 saturated carbocycles. The molecule has 3 rings (SSSR count). The molecule has 2 aromatic heterocycles. The summed E-state index contributed by atoms with van der Waals surface area (Å²) >= 11 is 1.53. The first-order valence-corrected chi connectivity index (χ1v) is 9.32. The van der Waals surface area contributed by atoms with E-state index < -0.39 is 0 Å². The molecule has 3 N–H and O–H groups in total. The lowest BCUT2D eigenvalue weighted by Crippen LogP contribution is -2.27. The van der Waals surface area contributed by atoms with E-state index in [0.717, 1.165) is 41.3 Å². The van der Waals surface area contributed by atoms with E-state index >= 15 is 0 Å². The number of aromatic amines is 1. The lowest BCUT2D eigenvalue weighted by molar-refractivity contribution is -0.121. The Hall–Kier alpha value is -1.44. The number of hydrogen-bond acceptors (Lipinski definition) is 5. The molecule has 1 unspecified atom stereocenters. The third kappa shape index (κ3) is 4.80. The summed E-state index contributed by atoms with van der Waals surface area (Å²) < 4.78 is 0. The van der Waals surface area contributed by atoms with E-state index in [0.29, 0.717) is 30.0 Å². The quantitative estimate of drug-likeness (QED) is 0.711. The normalized spacial score (nSPS) is 16.8. The summed E-state index contributed by atoms with van der Waals surface area (Å²) in [6.07, 6.45) is 3.02. The van der Waals surface area contributed by atoms with Crippen molar-refractivity contribution in [2.75, 3.05) is 19.6 Å². The molecule has 8 heteroatoms. The predicted octanol–water partition coefficient (Wildman–Crippen LogP) is 2.07. The third-order valence-electron chi connectivity index (χ3n) is 4.71. The highest BCUT2D eigenvalue weighted by atomic mass is 35.5. The van der Waals surface area contributed by atoms with Crippen molar-refractivity contribution in [3.8, 4) is 0 Å². The number of H-pyrrole nitrogens is 1. The van der Waals surface area contributed by atoms with Crippen molar-refractivity contribution >= 4 is 39.9 Å². The molecule has 25 heavy (non-hydrogen) atoms. The summed E-state index contributed by atoms with van der Waals surface area (Å²) in [6, 6.07) is 0. The number of aromatic nitrogens is 2. The molecule has 1 saturated heterocycles. The molecule has 0 radical (unpaired) electrons. The number of hydrogen-bond donors (Lipinski definition) is 3. The van der Waals surface area contributed by atoms with Crippen LogP contribution >= 0.6 is 23.7 Å². The van der Waals surface area contributed by atoms with E-state index in [1.165, 1.54) is 17.8 Å². The maximum atomic E-state index is 12.2. The highest BCUT2D eigenvalue weighted by Crippen LogP contribution is 2.25. The Bertz CT molecular complexity index is 796. The van der Waals surface area contributed by atoms with Crippen molar-refractivity contribution in [3.05, 3.63) is 26.6 Å². The Morgan fingerprint density at radius 2 is 2.20 bits per heavy atom. The summed E-state index contributed by atoms with van der Waals surface area (Å²) in [4.78, 5) is 33.3. The highest BCUT2D eigenvalue weighted by Gasteiger charge is 2.15. The van der Waals surface area contributed by atoms with E-state index in [1.54, 1.807) is 0 Å². The van der Waals surface area contributed by atoms with Crippen LogP contribution in [0.15, 0.2) is 4.79 Å². The molecule has 1 aliphatic heterocycles. The van der Waals surface area contributed by atoms with Gasteiger partial charge in [-0.05, 0) is 51.3 Å². The van der Waals surface area contributed by atoms with Gasteiger partial charge in [0.05, 0.1) is 5.39 Å². The van der Waals surface area contributed by atoms with Crippen LogP contribution in [0, 0.1) is 19.8 Å². The average molecular weight is 385 g/mol. The lowest BCUT2D eigenvalue weighted by Gasteiger charge is -2.09. The molecule has 0 spiro atoms. The molecule has 0 aromatic carbocycles. The van der Waals surface area contributed by atoms with E-state index in [1.807, 2.05) is 13.8 Å². The first-order valence-electron chi connectivity index (χ1n) is 8.51. The Labute approximate surface area is 157 Å². The monoisotopic (exact) mass is 384 g/mol. The zero-order valence-corrected chi connectivity index (χ0v) is 16.2. The van der Waals surface area contributed by atoms with Crippen molar-refractivity contribution in [1.29, 1.82) is 0 Å². The van der Waals surface area contributed by atoms with Crippen LogP contribution in [0.1, 0.15) is 35.5 Å². The van der Waals surface area contributed by atoms with Gasteiger partial charge in [0.15, 0.2) is 0 Å². The molecule has 1 aliphatic rings. The van der Waals surface area contributed by atoms with Crippen LogP contribution in [-0.4, -0.2) is 35.5 Å². The number of aryl methyl sites for hydroxylation is 3. The van der Waals surface area contributed by atoms with Gasteiger partial charge >= 0.3 is 0 Å². The molecule has 138 valence electrons. The molecular formula is C17H25ClN4O2S. The largest absolute Gasteiger partial charge is 0.356 e. The van der Waals surface area contributed by atoms with Crippen LogP contribution in [0.5, 0.6) is 0 Å². The molecule has 2 aromatic rings. The number of halogens is 1. The van der Waals surface area contributed by atoms with E-state index in [9.17, 15) is 9.59 Å². The van der Waals surface area contributed by atoms with E-state index in [2.05, 4.69) is 20.6 Å². The van der Waals surface area contributed by atoms with Gasteiger partial charge in [-0.1, -0.05) is 0 Å². The van der Waals surface area contributed by atoms with Crippen molar-refractivity contribution in [1.82, 2.24) is 20.6 Å². The Kier molecular flexibility index (Phi) is 6.98. The smallest absolute Gasteiger partial charge is 0.259 e. The summed E-state index contributed by atoms with van der Waals surface area (Å²) in [7, 11) is 0. The topological polar surface area (TPSA) is 86.9 Å². The Morgan fingerprint density at radius 1 is 1.40 bits per heavy atom. The number of carbonyl (C=O) groups excluding carboxylic acids is 1. The van der Waals surface area contributed by atoms with Crippen LogP contribution in [0.2, 0.25) is 0 Å². The van der Waals surface area contributed by atoms with Gasteiger partial charge in [0.25, 0.3) is 5.56 Å². The summed E-state index contributed by atoms with van der Waals surface area (Å²) in [5.41, 5.74) is 0.889. The average Bonchev–Trinajstić information content (AvgIpc) is 3.14. The first kappa shape index (κ1) is 19.9. The van der Waals surface area contributed by atoms with E-state index in [-0.39, 0.29) is 23.9 Å². The van der Waals surface area contributed by atoms with Gasteiger partial charge in [-0.2, -0.15) is 0 Å². The minimum Gasteiger partial charge on any atom is -0.356 e. The third-order valence-corrected chi connectivity index (χ3v) is 5.82. The molecule has 6 nitrogen and oxygen atoms in total. The van der Waals surface area contributed by atoms with Gasteiger partial charge in [-0.25, -0.2) is 4.98 Å². The predicted molar refractivity (Wildman–Crippen MR) is 104 cm³/mol. The Balaban J connectivity index is 0.00000225. The number of amides is 1. The standard InChI is InChI=1S/C17H24N4O2S.ClH/c1-10-11(2)24-17-15(10)16(23)20-13(21-17)3-4-14(22)19-8-6-12-5-7-18-9-12;/h12,18H,3-9H2,1-2H3,(H,19,22)(H,20,21,23);1H. The summed E-state index contributed by atoms with van der Waals surface area (Å²) in [5, 5.41) is 6.97. The SMILES string of the molecule is Cc1sc2nc(CCC(=O)NCCC3CCNC3)[nH]c(=O)c2c1C.Cl. The molecule has 1 amide bonds. The van der Waals surface area contributed by atoms with Crippen LogP contribution in [0.25, 0.3) is 10.2 Å². The van der Waals surface area contributed by atoms with Crippen molar-refractivity contribution in [2.24, 2.45) is 5.92 Å². The van der Waals surface area contributed by atoms with Crippen LogP contribution in [0.4, 0.5) is 0 Å². The highest BCUT2D eigenvalue weighted by molar-refractivity contribution is 7.18. The fourth-order valence-corrected chi connectivity index (χ4v) is 4.16. The zero-order chi connectivity index (χ0) is 17.1. The maximum absolute atomic E-state index is 12.2. The second-order valence-corrected chi connectivity index (χ2v) is 7.68. The van der Waals surface area contributed by atoms with Gasteiger partial charge in [0.2, 0.25) is 5.91 Å². The van der Waals surface area contributed by atoms with Crippen molar-refractivity contribution in [3.63, 3.8) is 0 Å². The minimum atomic E-state index is -0.106. The minimum absolute atomic E-state index is 0. The van der Waals surface area contributed by atoms with Crippen LogP contribution in [-0.2, 0) is 11.2 Å². The van der Waals surface area contributed by atoms with Gasteiger partial charge in [0.1, 0.15) is 10.7 Å². The number of nitrogens with zero attached hydrogens (tertiary/aromatic N) is 1. The molecule has 3 heterocycles. The van der Waals surface area contributed by atoms with Crippen LogP contribution in [0.3, 0.4) is 0 Å². The maximum Gasteiger partial charge on any atom is 0.259 e. The lowest BCUT2D eigenvalue weighted by atomic mass is 10.1. The fourth-order valence-electron chi connectivity index (χ4n) is 3.11. The molecule has 1 fully saturated rings. The van der Waals surface area contributed by atoms with Crippen molar-refractivity contribution in [2.45, 2.75) is 39.5 Å². The Morgan fingerprint density at radius 3 is 2.92 bits per heavy atom. The van der Waals surface area contributed by atoms with Gasteiger partial charge in [0, 0.05) is 24.3 Å². The first-order chi connectivity index (χ1) is 11.5. The second kappa shape index (κ2) is 8.78. The number of nitrogens with one attached hydrogen (secondary N) is 3. The van der Waals surface area contributed by atoms with E-state index in [4.69, 9.17) is 0 Å². The van der Waals surface area contributed by atoms with Gasteiger partial charge in [-0.3, -0.25) is 9.59 Å². The summed E-state index contributed by atoms with van der Waals surface area (Å²) in [6.45, 7) is 6.80. The number of rotatable bonds is 6. The number of thiophene rings is 1.